The first-order valence-electron chi connectivity index (χ1n) is 14.0. The highest BCUT2D eigenvalue weighted by molar-refractivity contribution is 5.93. The van der Waals surface area contributed by atoms with Gasteiger partial charge in [0.2, 0.25) is 5.78 Å². The lowest BCUT2D eigenvalue weighted by Gasteiger charge is -2.32. The number of hydrogen-bond donors (Lipinski definition) is 2. The van der Waals surface area contributed by atoms with Crippen LogP contribution in [0.5, 0.6) is 0 Å². The molecule has 1 amide bonds. The maximum absolute atomic E-state index is 14.0. The van der Waals surface area contributed by atoms with Crippen LogP contribution in [0.1, 0.15) is 48.4 Å². The normalized spacial score (nSPS) is 14.5. The maximum atomic E-state index is 14.0. The van der Waals surface area contributed by atoms with Crippen molar-refractivity contribution in [2.24, 2.45) is 5.92 Å². The second-order valence-corrected chi connectivity index (χ2v) is 10.8. The molecule has 1 aliphatic rings. The predicted octanol–water partition coefficient (Wildman–Crippen LogP) is 6.57. The fraction of sp³-hybridized carbons (Fsp3) is 0.257. The van der Waals surface area contributed by atoms with Gasteiger partial charge >= 0.3 is 6.09 Å². The molecular weight excluding hydrogens is 514 g/mol. The number of nitrogens with one attached hydrogen (secondary N) is 1. The van der Waals surface area contributed by atoms with E-state index in [1.54, 1.807) is 30.3 Å². The van der Waals surface area contributed by atoms with Crippen molar-refractivity contribution in [3.8, 4) is 11.1 Å². The largest absolute Gasteiger partial charge is 0.449 e. The third kappa shape index (κ3) is 6.24. The van der Waals surface area contributed by atoms with Crippen molar-refractivity contribution >= 4 is 11.9 Å². The molecular formula is C35H35NO5. The minimum Gasteiger partial charge on any atom is -0.449 e. The molecule has 5 rings (SSSR count). The molecule has 0 aliphatic heterocycles. The van der Waals surface area contributed by atoms with Crippen LogP contribution in [0.4, 0.5) is 4.79 Å². The zero-order valence-corrected chi connectivity index (χ0v) is 23.3. The van der Waals surface area contributed by atoms with E-state index in [1.165, 1.54) is 0 Å². The summed E-state index contributed by atoms with van der Waals surface area (Å²) < 4.78 is 11.7. The minimum absolute atomic E-state index is 0.0112. The number of aliphatic hydroxyl groups is 1. The monoisotopic (exact) mass is 549 g/mol. The van der Waals surface area contributed by atoms with E-state index in [0.717, 1.165) is 27.8 Å². The third-order valence-electron chi connectivity index (χ3n) is 7.45. The van der Waals surface area contributed by atoms with Crippen molar-refractivity contribution in [3.05, 3.63) is 131 Å². The Bertz CT molecular complexity index is 1440. The van der Waals surface area contributed by atoms with Crippen molar-refractivity contribution in [2.75, 3.05) is 6.61 Å². The van der Waals surface area contributed by atoms with Gasteiger partial charge in [-0.1, -0.05) is 123 Å². The fourth-order valence-corrected chi connectivity index (χ4v) is 5.44. The Kier molecular flexibility index (Phi) is 8.62. The van der Waals surface area contributed by atoms with Crippen LogP contribution in [0.25, 0.3) is 11.1 Å². The summed E-state index contributed by atoms with van der Waals surface area (Å²) in [6, 6.07) is 33.1. The summed E-state index contributed by atoms with van der Waals surface area (Å²) in [5.74, 6) is -2.98. The van der Waals surface area contributed by atoms with Crippen molar-refractivity contribution in [3.63, 3.8) is 0 Å². The lowest BCUT2D eigenvalue weighted by Crippen LogP contribution is -2.52. The molecule has 2 atom stereocenters. The van der Waals surface area contributed by atoms with E-state index < -0.39 is 23.7 Å². The van der Waals surface area contributed by atoms with Crippen LogP contribution in [0.15, 0.2) is 109 Å². The summed E-state index contributed by atoms with van der Waals surface area (Å²) in [6.45, 7) is 4.03. The Labute approximate surface area is 241 Å². The summed E-state index contributed by atoms with van der Waals surface area (Å²) in [5, 5.41) is 14.5. The average molecular weight is 550 g/mol. The van der Waals surface area contributed by atoms with E-state index in [2.05, 4.69) is 29.6 Å². The van der Waals surface area contributed by atoms with Gasteiger partial charge in [-0.2, -0.15) is 0 Å². The zero-order chi connectivity index (χ0) is 28.8. The highest BCUT2D eigenvalue weighted by atomic mass is 16.6. The lowest BCUT2D eigenvalue weighted by molar-refractivity contribution is -0.218. The van der Waals surface area contributed by atoms with Gasteiger partial charge in [-0.3, -0.25) is 4.79 Å². The molecule has 6 nitrogen and oxygen atoms in total. The summed E-state index contributed by atoms with van der Waals surface area (Å²) in [6.07, 6.45) is -0.420. The topological polar surface area (TPSA) is 84.9 Å². The Morgan fingerprint density at radius 2 is 1.34 bits per heavy atom. The van der Waals surface area contributed by atoms with Gasteiger partial charge in [0, 0.05) is 11.5 Å². The molecule has 2 N–H and O–H groups in total. The van der Waals surface area contributed by atoms with Crippen LogP contribution in [0, 0.1) is 5.92 Å². The number of ketones is 1. The van der Waals surface area contributed by atoms with Gasteiger partial charge in [-0.25, -0.2) is 4.79 Å². The molecule has 0 saturated heterocycles. The first-order chi connectivity index (χ1) is 19.9. The number of amides is 1. The van der Waals surface area contributed by atoms with Crippen LogP contribution >= 0.6 is 0 Å². The molecule has 0 bridgehead atoms. The maximum Gasteiger partial charge on any atom is 0.407 e. The minimum atomic E-state index is -2.27. The first kappa shape index (κ1) is 28.3. The molecule has 210 valence electrons. The van der Waals surface area contributed by atoms with Gasteiger partial charge in [-0.05, 0) is 40.2 Å². The van der Waals surface area contributed by atoms with Gasteiger partial charge in [0.25, 0.3) is 5.79 Å². The number of benzene rings is 4. The number of ether oxygens (including phenoxy) is 2. The summed E-state index contributed by atoms with van der Waals surface area (Å²) >= 11 is 0. The number of alkyl carbamates (subject to hydrolysis) is 1. The molecule has 0 aromatic heterocycles. The van der Waals surface area contributed by atoms with Crippen LogP contribution in [0.3, 0.4) is 0 Å². The molecule has 0 fully saturated rings. The van der Waals surface area contributed by atoms with Gasteiger partial charge in [0.05, 0.1) is 12.6 Å². The molecule has 4 aromatic rings. The molecule has 0 heterocycles. The number of fused-ring (bicyclic) bond motifs is 3. The van der Waals surface area contributed by atoms with E-state index in [4.69, 9.17) is 9.47 Å². The standard InChI is InChI=1S/C35H35NO5/c1-24(2)21-32(33(37)35(39,26-15-7-4-8-16-26)41-22-25-13-5-3-6-14-25)36-34(38)40-23-31-29-19-11-9-17-27(29)28-18-10-12-20-30(28)31/h3-20,24,31-32,39H,21-23H2,1-2H3,(H,36,38)/t32-,35?/m0/s1. The Hall–Kier alpha value is -4.26. The molecule has 1 aliphatic carbocycles. The number of carbonyl (C=O) groups excluding carboxylic acids is 2. The first-order valence-corrected chi connectivity index (χ1v) is 14.0. The molecule has 41 heavy (non-hydrogen) atoms. The second-order valence-electron chi connectivity index (χ2n) is 10.8. The Morgan fingerprint density at radius 3 is 1.93 bits per heavy atom. The number of rotatable bonds is 11. The van der Waals surface area contributed by atoms with Crippen molar-refractivity contribution < 1.29 is 24.2 Å². The van der Waals surface area contributed by atoms with Crippen molar-refractivity contribution in [1.82, 2.24) is 5.32 Å². The van der Waals surface area contributed by atoms with Crippen molar-refractivity contribution in [1.29, 1.82) is 0 Å². The molecule has 4 aromatic carbocycles. The lowest BCUT2D eigenvalue weighted by atomic mass is 9.91. The zero-order valence-electron chi connectivity index (χ0n) is 23.3. The summed E-state index contributed by atoms with van der Waals surface area (Å²) in [5.41, 5.74) is 5.57. The Balaban J connectivity index is 1.34. The van der Waals surface area contributed by atoms with Gasteiger partial charge in [0.1, 0.15) is 6.61 Å². The van der Waals surface area contributed by atoms with E-state index >= 15 is 0 Å². The predicted molar refractivity (Wildman–Crippen MR) is 158 cm³/mol. The average Bonchev–Trinajstić information content (AvgIpc) is 3.32. The third-order valence-corrected chi connectivity index (χ3v) is 7.45. The summed E-state index contributed by atoms with van der Waals surface area (Å²) in [4.78, 5) is 27.2. The number of hydrogen-bond acceptors (Lipinski definition) is 5. The van der Waals surface area contributed by atoms with E-state index in [9.17, 15) is 14.7 Å². The Morgan fingerprint density at radius 1 is 0.805 bits per heavy atom. The van der Waals surface area contributed by atoms with Gasteiger partial charge < -0.3 is 19.9 Å². The summed E-state index contributed by atoms with van der Waals surface area (Å²) in [7, 11) is 0. The van der Waals surface area contributed by atoms with E-state index in [-0.39, 0.29) is 25.0 Å². The quantitative estimate of drug-likeness (QED) is 0.207. The molecule has 6 heteroatoms. The second kappa shape index (κ2) is 12.5. The highest BCUT2D eigenvalue weighted by Crippen LogP contribution is 2.44. The van der Waals surface area contributed by atoms with Gasteiger partial charge in [-0.15, -0.1) is 0 Å². The fourth-order valence-electron chi connectivity index (χ4n) is 5.44. The van der Waals surface area contributed by atoms with Crippen molar-refractivity contribution in [2.45, 2.75) is 44.6 Å². The molecule has 0 spiro atoms. The number of carbonyl (C=O) groups is 2. The molecule has 0 radical (unpaired) electrons. The number of Topliss-reactive ketones (excluding diaryl/α,β-unsaturated/α-hetero) is 1. The van der Waals surface area contributed by atoms with Gasteiger partial charge in [0.15, 0.2) is 0 Å². The SMILES string of the molecule is CC(C)C[C@H](NC(=O)OCC1c2ccccc2-c2ccccc21)C(=O)C(O)(OCc1ccccc1)c1ccccc1. The van der Waals surface area contributed by atoms with Crippen LogP contribution in [-0.4, -0.2) is 29.6 Å². The van der Waals surface area contributed by atoms with E-state index in [0.29, 0.717) is 12.0 Å². The molecule has 1 unspecified atom stereocenters. The smallest absolute Gasteiger partial charge is 0.407 e. The highest BCUT2D eigenvalue weighted by Gasteiger charge is 2.44. The van der Waals surface area contributed by atoms with Crippen LogP contribution < -0.4 is 5.32 Å². The van der Waals surface area contributed by atoms with Crippen LogP contribution in [-0.2, 0) is 26.7 Å². The molecule has 0 saturated carbocycles. The van der Waals surface area contributed by atoms with Crippen LogP contribution in [0.2, 0.25) is 0 Å². The van der Waals surface area contributed by atoms with E-state index in [1.807, 2.05) is 68.4 Å².